The van der Waals surface area contributed by atoms with Gasteiger partial charge >= 0.3 is 0 Å². The molecule has 4 rings (SSSR count). The van der Waals surface area contributed by atoms with E-state index in [9.17, 15) is 4.79 Å². The van der Waals surface area contributed by atoms with Crippen LogP contribution >= 0.6 is 0 Å². The van der Waals surface area contributed by atoms with E-state index in [2.05, 4.69) is 26.0 Å². The SMILES string of the molecule is COc1cccc(-c2cc(CNC(=O)C3CCCCn4nnnc43)no2)c1. The molecule has 9 nitrogen and oxygen atoms in total. The third kappa shape index (κ3) is 3.67. The minimum absolute atomic E-state index is 0.0983. The third-order valence-corrected chi connectivity index (χ3v) is 4.66. The number of amides is 1. The summed E-state index contributed by atoms with van der Waals surface area (Å²) in [5.41, 5.74) is 1.51. The smallest absolute Gasteiger partial charge is 0.231 e. The molecule has 27 heavy (non-hydrogen) atoms. The van der Waals surface area contributed by atoms with Crippen molar-refractivity contribution in [2.24, 2.45) is 0 Å². The van der Waals surface area contributed by atoms with Crippen LogP contribution in [0.15, 0.2) is 34.9 Å². The van der Waals surface area contributed by atoms with Gasteiger partial charge in [0.05, 0.1) is 19.6 Å². The second-order valence-corrected chi connectivity index (χ2v) is 6.44. The van der Waals surface area contributed by atoms with Gasteiger partial charge in [-0.1, -0.05) is 23.7 Å². The lowest BCUT2D eigenvalue weighted by molar-refractivity contribution is -0.123. The highest BCUT2D eigenvalue weighted by Gasteiger charge is 2.28. The highest BCUT2D eigenvalue weighted by Crippen LogP contribution is 2.26. The standard InChI is InChI=1S/C18H20N6O3/c1-26-14-6-4-5-12(9-14)16-10-13(21-27-16)11-19-18(25)15-7-2-3-8-24-17(15)20-22-23-24/h4-6,9-10,15H,2-3,7-8,11H2,1H3,(H,19,25). The Hall–Kier alpha value is -3.23. The van der Waals surface area contributed by atoms with Crippen LogP contribution in [0.5, 0.6) is 5.75 Å². The number of tetrazole rings is 1. The van der Waals surface area contributed by atoms with Crippen LogP contribution in [0.25, 0.3) is 11.3 Å². The molecule has 0 radical (unpaired) electrons. The Balaban J connectivity index is 1.42. The molecule has 1 unspecified atom stereocenters. The highest BCUT2D eigenvalue weighted by atomic mass is 16.5. The van der Waals surface area contributed by atoms with E-state index in [4.69, 9.17) is 9.26 Å². The average molecular weight is 368 g/mol. The number of aromatic nitrogens is 5. The molecule has 3 heterocycles. The van der Waals surface area contributed by atoms with Gasteiger partial charge in [-0.05, 0) is 35.4 Å². The van der Waals surface area contributed by atoms with Crippen molar-refractivity contribution in [1.29, 1.82) is 0 Å². The Kier molecular flexibility index (Phi) is 4.82. The number of rotatable bonds is 5. The van der Waals surface area contributed by atoms with Gasteiger partial charge in [-0.3, -0.25) is 4.79 Å². The predicted molar refractivity (Wildman–Crippen MR) is 94.7 cm³/mol. The maximum absolute atomic E-state index is 12.7. The first-order valence-electron chi connectivity index (χ1n) is 8.88. The number of benzene rings is 1. The summed E-state index contributed by atoms with van der Waals surface area (Å²) in [6.07, 6.45) is 2.65. The molecular formula is C18H20N6O3. The summed E-state index contributed by atoms with van der Waals surface area (Å²) in [7, 11) is 1.62. The fraction of sp³-hybridized carbons (Fsp3) is 0.389. The minimum atomic E-state index is -0.341. The monoisotopic (exact) mass is 368 g/mol. The Morgan fingerprint density at radius 3 is 3.19 bits per heavy atom. The molecule has 1 atom stereocenters. The Morgan fingerprint density at radius 1 is 1.37 bits per heavy atom. The fourth-order valence-corrected chi connectivity index (χ4v) is 3.22. The summed E-state index contributed by atoms with van der Waals surface area (Å²) in [5.74, 6) is 1.55. The summed E-state index contributed by atoms with van der Waals surface area (Å²) in [6, 6.07) is 9.34. The first-order chi connectivity index (χ1) is 13.2. The molecule has 0 fully saturated rings. The molecule has 1 aliphatic rings. The molecule has 3 aromatic rings. The predicted octanol–water partition coefficient (Wildman–Crippen LogP) is 1.92. The number of hydrogen-bond acceptors (Lipinski definition) is 7. The van der Waals surface area contributed by atoms with Crippen LogP contribution in [0.1, 0.15) is 36.7 Å². The van der Waals surface area contributed by atoms with Gasteiger partial charge in [-0.15, -0.1) is 5.10 Å². The van der Waals surface area contributed by atoms with Crippen LogP contribution in [0.3, 0.4) is 0 Å². The van der Waals surface area contributed by atoms with Crippen LogP contribution in [0.4, 0.5) is 0 Å². The second kappa shape index (κ2) is 7.56. The van der Waals surface area contributed by atoms with E-state index in [0.717, 1.165) is 37.1 Å². The first-order valence-corrected chi connectivity index (χ1v) is 8.88. The number of aryl methyl sites for hydroxylation is 1. The Labute approximate surface area is 155 Å². The molecule has 0 aliphatic carbocycles. The van der Waals surface area contributed by atoms with Gasteiger partial charge in [-0.2, -0.15) is 0 Å². The third-order valence-electron chi connectivity index (χ3n) is 4.66. The van der Waals surface area contributed by atoms with E-state index >= 15 is 0 Å². The lowest BCUT2D eigenvalue weighted by Crippen LogP contribution is -2.30. The van der Waals surface area contributed by atoms with Crippen molar-refractivity contribution in [3.63, 3.8) is 0 Å². The van der Waals surface area contributed by atoms with Crippen LogP contribution < -0.4 is 10.1 Å². The molecule has 0 bridgehead atoms. The van der Waals surface area contributed by atoms with E-state index < -0.39 is 0 Å². The lowest BCUT2D eigenvalue weighted by Gasteiger charge is -2.12. The largest absolute Gasteiger partial charge is 0.497 e. The normalized spacial score (nSPS) is 16.4. The van der Waals surface area contributed by atoms with Gasteiger partial charge in [0, 0.05) is 18.2 Å². The van der Waals surface area contributed by atoms with Gasteiger partial charge in [0.2, 0.25) is 5.91 Å². The van der Waals surface area contributed by atoms with Crippen LogP contribution in [-0.2, 0) is 17.9 Å². The number of methoxy groups -OCH3 is 1. The van der Waals surface area contributed by atoms with Crippen molar-refractivity contribution in [1.82, 2.24) is 30.7 Å². The number of nitrogens with zero attached hydrogens (tertiary/aromatic N) is 5. The maximum Gasteiger partial charge on any atom is 0.231 e. The molecule has 0 spiro atoms. The van der Waals surface area contributed by atoms with Gasteiger partial charge in [0.25, 0.3) is 0 Å². The number of hydrogen-bond donors (Lipinski definition) is 1. The number of nitrogens with one attached hydrogen (secondary N) is 1. The highest BCUT2D eigenvalue weighted by molar-refractivity contribution is 5.82. The summed E-state index contributed by atoms with van der Waals surface area (Å²) >= 11 is 0. The molecule has 0 saturated carbocycles. The summed E-state index contributed by atoms with van der Waals surface area (Å²) in [4.78, 5) is 12.7. The van der Waals surface area contributed by atoms with E-state index in [1.165, 1.54) is 0 Å². The molecule has 1 aromatic carbocycles. The number of ether oxygens (including phenoxy) is 1. The van der Waals surface area contributed by atoms with Crippen molar-refractivity contribution in [3.05, 3.63) is 41.9 Å². The van der Waals surface area contributed by atoms with Gasteiger partial charge in [-0.25, -0.2) is 4.68 Å². The molecule has 9 heteroatoms. The van der Waals surface area contributed by atoms with Crippen LogP contribution in [0.2, 0.25) is 0 Å². The summed E-state index contributed by atoms with van der Waals surface area (Å²) in [5, 5.41) is 18.6. The quantitative estimate of drug-likeness (QED) is 0.733. The second-order valence-electron chi connectivity index (χ2n) is 6.44. The summed E-state index contributed by atoms with van der Waals surface area (Å²) in [6.45, 7) is 1.03. The lowest BCUT2D eigenvalue weighted by atomic mass is 10.0. The van der Waals surface area contributed by atoms with E-state index in [-0.39, 0.29) is 18.4 Å². The Morgan fingerprint density at radius 2 is 2.30 bits per heavy atom. The zero-order chi connectivity index (χ0) is 18.6. The van der Waals surface area contributed by atoms with E-state index in [1.807, 2.05) is 30.3 Å². The fourth-order valence-electron chi connectivity index (χ4n) is 3.22. The average Bonchev–Trinajstić information content (AvgIpc) is 3.32. The van der Waals surface area contributed by atoms with E-state index in [1.54, 1.807) is 11.8 Å². The molecule has 0 saturated heterocycles. The van der Waals surface area contributed by atoms with Crippen LogP contribution in [0, 0.1) is 0 Å². The maximum atomic E-state index is 12.7. The summed E-state index contributed by atoms with van der Waals surface area (Å²) < 4.78 is 12.3. The first kappa shape index (κ1) is 17.2. The molecule has 2 aromatic heterocycles. The molecule has 1 N–H and O–H groups in total. The van der Waals surface area contributed by atoms with Gasteiger partial charge < -0.3 is 14.6 Å². The number of carbonyl (C=O) groups excluding carboxylic acids is 1. The van der Waals surface area contributed by atoms with Crippen molar-refractivity contribution in [2.45, 2.75) is 38.3 Å². The molecule has 1 amide bonds. The number of carbonyl (C=O) groups is 1. The number of fused-ring (bicyclic) bond motifs is 1. The zero-order valence-corrected chi connectivity index (χ0v) is 15.0. The topological polar surface area (TPSA) is 108 Å². The zero-order valence-electron chi connectivity index (χ0n) is 15.0. The molecule has 1 aliphatic heterocycles. The molecular weight excluding hydrogens is 348 g/mol. The minimum Gasteiger partial charge on any atom is -0.497 e. The molecule has 140 valence electrons. The van der Waals surface area contributed by atoms with E-state index in [0.29, 0.717) is 17.3 Å². The van der Waals surface area contributed by atoms with Crippen molar-refractivity contribution < 1.29 is 14.1 Å². The van der Waals surface area contributed by atoms with Crippen molar-refractivity contribution >= 4 is 5.91 Å². The Bertz CT molecular complexity index is 935. The van der Waals surface area contributed by atoms with Crippen molar-refractivity contribution in [3.8, 4) is 17.1 Å². The van der Waals surface area contributed by atoms with Gasteiger partial charge in [0.15, 0.2) is 11.6 Å². The van der Waals surface area contributed by atoms with Crippen molar-refractivity contribution in [2.75, 3.05) is 7.11 Å². The van der Waals surface area contributed by atoms with Crippen LogP contribution in [-0.4, -0.2) is 38.4 Å². The van der Waals surface area contributed by atoms with Gasteiger partial charge in [0.1, 0.15) is 11.4 Å².